The zero-order valence-electron chi connectivity index (χ0n) is 18.0. The Balaban J connectivity index is 1.31. The van der Waals surface area contributed by atoms with Crippen LogP contribution < -0.4 is 15.6 Å². The number of hydrogen-bond donors (Lipinski definition) is 1. The van der Waals surface area contributed by atoms with Crippen LogP contribution >= 0.6 is 0 Å². The molecule has 2 aromatic heterocycles. The van der Waals surface area contributed by atoms with Crippen molar-refractivity contribution in [3.05, 3.63) is 64.1 Å². The number of ether oxygens (including phenoxy) is 1. The predicted octanol–water partition coefficient (Wildman–Crippen LogP) is 2.50. The lowest BCUT2D eigenvalue weighted by Gasteiger charge is -2.32. The van der Waals surface area contributed by atoms with E-state index in [1.165, 1.54) is 6.20 Å². The fraction of sp³-hybridized carbons (Fsp3) is 0.435. The molecule has 0 atom stereocenters. The number of piperidine rings is 1. The Bertz CT molecular complexity index is 1110. The molecular weight excluding hydrogens is 397 g/mol. The average molecular weight is 426 g/mol. The zero-order chi connectivity index (χ0) is 21.8. The van der Waals surface area contributed by atoms with Crippen LogP contribution in [0.5, 0.6) is 5.75 Å². The first-order valence-electron chi connectivity index (χ1n) is 10.6. The minimum absolute atomic E-state index is 0.101. The standard InChI is InChI=1S/C23H28FN5O2/c1-16-20(24)11-17(13-25-16)14-26-18-5-7-28(8-6-18)9-10-29-22-12-19(31-2)3-4-21(22)27-15-23(29)30/h3-4,11-13,15,18,26H,5-10,14H2,1-2H3. The maximum atomic E-state index is 13.7. The fourth-order valence-electron chi connectivity index (χ4n) is 4.01. The summed E-state index contributed by atoms with van der Waals surface area (Å²) in [7, 11) is 1.62. The van der Waals surface area contributed by atoms with Gasteiger partial charge in [0.2, 0.25) is 0 Å². The number of hydrogen-bond acceptors (Lipinski definition) is 6. The molecule has 1 aliphatic heterocycles. The molecule has 0 aliphatic carbocycles. The first-order chi connectivity index (χ1) is 15.0. The van der Waals surface area contributed by atoms with Crippen LogP contribution in [0.4, 0.5) is 4.39 Å². The second kappa shape index (κ2) is 9.53. The molecular formula is C23H28FN5O2. The number of aryl methyl sites for hydroxylation is 1. The van der Waals surface area contributed by atoms with E-state index in [-0.39, 0.29) is 11.4 Å². The van der Waals surface area contributed by atoms with Crippen LogP contribution in [0.3, 0.4) is 0 Å². The van der Waals surface area contributed by atoms with Crippen LogP contribution in [0.15, 0.2) is 41.5 Å². The van der Waals surface area contributed by atoms with E-state index in [2.05, 4.69) is 20.2 Å². The lowest BCUT2D eigenvalue weighted by molar-refractivity contribution is 0.191. The van der Waals surface area contributed by atoms with Crippen LogP contribution in [0.25, 0.3) is 11.0 Å². The Labute approximate surface area is 180 Å². The molecule has 3 aromatic rings. The number of nitrogens with zero attached hydrogens (tertiary/aromatic N) is 4. The molecule has 1 fully saturated rings. The van der Waals surface area contributed by atoms with Crippen molar-refractivity contribution in [1.29, 1.82) is 0 Å². The Morgan fingerprint density at radius 2 is 1.97 bits per heavy atom. The average Bonchev–Trinajstić information content (AvgIpc) is 2.79. The third-order valence-corrected chi connectivity index (χ3v) is 5.96. The summed E-state index contributed by atoms with van der Waals surface area (Å²) in [6, 6.07) is 7.54. The van der Waals surface area contributed by atoms with Gasteiger partial charge in [-0.15, -0.1) is 0 Å². The number of halogens is 1. The van der Waals surface area contributed by atoms with Gasteiger partial charge in [0.05, 0.1) is 30.0 Å². The Kier molecular flexibility index (Phi) is 6.58. The first-order valence-corrected chi connectivity index (χ1v) is 10.6. The Hall–Kier alpha value is -2.84. The molecule has 0 bridgehead atoms. The summed E-state index contributed by atoms with van der Waals surface area (Å²) in [6.07, 6.45) is 5.14. The third-order valence-electron chi connectivity index (χ3n) is 5.96. The van der Waals surface area contributed by atoms with Crippen molar-refractivity contribution >= 4 is 11.0 Å². The molecule has 7 nitrogen and oxygen atoms in total. The summed E-state index contributed by atoms with van der Waals surface area (Å²) >= 11 is 0. The molecule has 4 rings (SSSR count). The van der Waals surface area contributed by atoms with Gasteiger partial charge in [-0.2, -0.15) is 0 Å². The number of benzene rings is 1. The van der Waals surface area contributed by atoms with Crippen molar-refractivity contribution in [3.8, 4) is 5.75 Å². The van der Waals surface area contributed by atoms with E-state index in [1.54, 1.807) is 30.9 Å². The van der Waals surface area contributed by atoms with Crippen molar-refractivity contribution in [2.45, 2.75) is 38.9 Å². The number of likely N-dealkylation sites (tertiary alicyclic amines) is 1. The first kappa shape index (κ1) is 21.4. The molecule has 1 saturated heterocycles. The summed E-state index contributed by atoms with van der Waals surface area (Å²) in [4.78, 5) is 23.1. The Morgan fingerprint density at radius 3 is 2.71 bits per heavy atom. The van der Waals surface area contributed by atoms with Crippen LogP contribution in [-0.2, 0) is 13.1 Å². The molecule has 8 heteroatoms. The minimum atomic E-state index is -0.259. The second-order valence-corrected chi connectivity index (χ2v) is 8.01. The minimum Gasteiger partial charge on any atom is -0.497 e. The molecule has 31 heavy (non-hydrogen) atoms. The highest BCUT2D eigenvalue weighted by Crippen LogP contribution is 2.18. The summed E-state index contributed by atoms with van der Waals surface area (Å²) in [5.41, 5.74) is 2.77. The fourth-order valence-corrected chi connectivity index (χ4v) is 4.01. The van der Waals surface area contributed by atoms with Crippen LogP contribution in [-0.4, -0.2) is 52.2 Å². The van der Waals surface area contributed by atoms with Crippen molar-refractivity contribution in [3.63, 3.8) is 0 Å². The molecule has 0 radical (unpaired) electrons. The van der Waals surface area contributed by atoms with Gasteiger partial charge in [-0.25, -0.2) is 9.37 Å². The highest BCUT2D eigenvalue weighted by Gasteiger charge is 2.19. The normalized spacial score (nSPS) is 15.5. The van der Waals surface area contributed by atoms with E-state index in [1.807, 2.05) is 18.2 Å². The van der Waals surface area contributed by atoms with Gasteiger partial charge in [0, 0.05) is 37.9 Å². The van der Waals surface area contributed by atoms with E-state index in [0.717, 1.165) is 49.1 Å². The number of methoxy groups -OCH3 is 1. The van der Waals surface area contributed by atoms with Gasteiger partial charge < -0.3 is 19.5 Å². The lowest BCUT2D eigenvalue weighted by Crippen LogP contribution is -2.43. The quantitative estimate of drug-likeness (QED) is 0.627. The van der Waals surface area contributed by atoms with Gasteiger partial charge in [0.15, 0.2) is 0 Å². The van der Waals surface area contributed by atoms with Crippen molar-refractivity contribution in [2.24, 2.45) is 0 Å². The monoisotopic (exact) mass is 425 g/mol. The van der Waals surface area contributed by atoms with E-state index < -0.39 is 0 Å². The third kappa shape index (κ3) is 5.08. The Morgan fingerprint density at radius 1 is 1.16 bits per heavy atom. The molecule has 0 saturated carbocycles. The van der Waals surface area contributed by atoms with E-state index in [0.29, 0.717) is 30.6 Å². The maximum absolute atomic E-state index is 13.7. The SMILES string of the molecule is COc1ccc2ncc(=O)n(CCN3CCC(NCc4cnc(C)c(F)c4)CC3)c2c1. The molecule has 1 aliphatic rings. The van der Waals surface area contributed by atoms with Crippen molar-refractivity contribution in [1.82, 2.24) is 24.8 Å². The molecule has 0 spiro atoms. The van der Waals surface area contributed by atoms with Crippen molar-refractivity contribution < 1.29 is 9.13 Å². The molecule has 3 heterocycles. The van der Waals surface area contributed by atoms with Gasteiger partial charge in [-0.3, -0.25) is 9.78 Å². The number of nitrogens with one attached hydrogen (secondary N) is 1. The second-order valence-electron chi connectivity index (χ2n) is 8.01. The van der Waals surface area contributed by atoms with Crippen LogP contribution in [0, 0.1) is 12.7 Å². The topological polar surface area (TPSA) is 72.3 Å². The largest absolute Gasteiger partial charge is 0.497 e. The summed E-state index contributed by atoms with van der Waals surface area (Å²) in [5.74, 6) is 0.454. The molecule has 164 valence electrons. The van der Waals surface area contributed by atoms with E-state index in [9.17, 15) is 9.18 Å². The predicted molar refractivity (Wildman–Crippen MR) is 118 cm³/mol. The molecule has 0 amide bonds. The van der Waals surface area contributed by atoms with Gasteiger partial charge in [0.1, 0.15) is 11.6 Å². The van der Waals surface area contributed by atoms with Gasteiger partial charge in [0.25, 0.3) is 5.56 Å². The number of fused-ring (bicyclic) bond motifs is 1. The molecule has 1 aromatic carbocycles. The smallest absolute Gasteiger partial charge is 0.269 e. The maximum Gasteiger partial charge on any atom is 0.269 e. The van der Waals surface area contributed by atoms with Gasteiger partial charge >= 0.3 is 0 Å². The van der Waals surface area contributed by atoms with Crippen molar-refractivity contribution in [2.75, 3.05) is 26.7 Å². The number of aromatic nitrogens is 3. The highest BCUT2D eigenvalue weighted by molar-refractivity contribution is 5.76. The van der Waals surface area contributed by atoms with Gasteiger partial charge in [-0.1, -0.05) is 0 Å². The highest BCUT2D eigenvalue weighted by atomic mass is 19.1. The van der Waals surface area contributed by atoms with Crippen LogP contribution in [0.1, 0.15) is 24.1 Å². The van der Waals surface area contributed by atoms with E-state index >= 15 is 0 Å². The van der Waals surface area contributed by atoms with Gasteiger partial charge in [-0.05, 0) is 56.6 Å². The molecule has 0 unspecified atom stereocenters. The summed E-state index contributed by atoms with van der Waals surface area (Å²) in [5, 5.41) is 3.51. The van der Waals surface area contributed by atoms with Crippen LogP contribution in [0.2, 0.25) is 0 Å². The number of rotatable bonds is 7. The number of pyridine rings is 1. The lowest BCUT2D eigenvalue weighted by atomic mass is 10.0. The summed E-state index contributed by atoms with van der Waals surface area (Å²) < 4.78 is 20.7. The molecule has 1 N–H and O–H groups in total. The summed E-state index contributed by atoms with van der Waals surface area (Å²) in [6.45, 7) is 5.61. The van der Waals surface area contributed by atoms with E-state index in [4.69, 9.17) is 4.74 Å². The zero-order valence-corrected chi connectivity index (χ0v) is 18.0.